The maximum absolute atomic E-state index is 13.3. The second-order valence-electron chi connectivity index (χ2n) is 6.00. The van der Waals surface area contributed by atoms with Crippen LogP contribution >= 0.6 is 23.4 Å². The van der Waals surface area contributed by atoms with Gasteiger partial charge in [0.1, 0.15) is 16.5 Å². The number of oxazole rings is 1. The fourth-order valence-corrected chi connectivity index (χ4v) is 3.45. The lowest BCUT2D eigenvalue weighted by Gasteiger charge is -2.02. The number of pyridine rings is 2. The Morgan fingerprint density at radius 1 is 1.07 bits per heavy atom. The Balaban J connectivity index is 1.75. The van der Waals surface area contributed by atoms with Crippen LogP contribution in [0.3, 0.4) is 0 Å². The summed E-state index contributed by atoms with van der Waals surface area (Å²) in [4.78, 5) is 24.8. The van der Waals surface area contributed by atoms with E-state index in [4.69, 9.17) is 20.8 Å². The van der Waals surface area contributed by atoms with E-state index in [1.165, 1.54) is 43.4 Å². The van der Waals surface area contributed by atoms with Crippen molar-refractivity contribution < 1.29 is 18.3 Å². The van der Waals surface area contributed by atoms with Crippen molar-refractivity contribution in [3.8, 4) is 22.8 Å². The molecular formula is C21H13ClFN3O3S. The number of rotatable bonds is 5. The molecule has 0 aliphatic rings. The molecule has 0 atom stereocenters. The summed E-state index contributed by atoms with van der Waals surface area (Å²) in [6, 6.07) is 12.5. The van der Waals surface area contributed by atoms with Gasteiger partial charge < -0.3 is 9.15 Å². The molecule has 30 heavy (non-hydrogen) atoms. The molecule has 4 rings (SSSR count). The molecule has 1 aromatic carbocycles. The van der Waals surface area contributed by atoms with E-state index in [9.17, 15) is 9.18 Å². The highest BCUT2D eigenvalue weighted by Crippen LogP contribution is 2.38. The summed E-state index contributed by atoms with van der Waals surface area (Å²) < 4.78 is 23.9. The standard InChI is InChI=1S/C21H13ClFN3O3S/c1-28-20(27)13-4-8-16(24-10-13)18-21(30-17-9-5-14(22)11-25-17)29-19(26-18)12-2-6-15(23)7-3-12/h2-11H,1H3. The van der Waals surface area contributed by atoms with Crippen molar-refractivity contribution in [3.63, 3.8) is 0 Å². The maximum atomic E-state index is 13.3. The third kappa shape index (κ3) is 4.34. The molecule has 0 fully saturated rings. The minimum Gasteiger partial charge on any atom is -0.465 e. The third-order valence-electron chi connectivity index (χ3n) is 4.01. The van der Waals surface area contributed by atoms with E-state index in [-0.39, 0.29) is 5.82 Å². The van der Waals surface area contributed by atoms with Gasteiger partial charge in [-0.15, -0.1) is 0 Å². The summed E-state index contributed by atoms with van der Waals surface area (Å²) in [7, 11) is 1.30. The van der Waals surface area contributed by atoms with Gasteiger partial charge in [0.25, 0.3) is 0 Å². The van der Waals surface area contributed by atoms with Crippen LogP contribution in [0.15, 0.2) is 75.5 Å². The monoisotopic (exact) mass is 441 g/mol. The number of carbonyl (C=O) groups excluding carboxylic acids is 1. The molecule has 0 aliphatic heterocycles. The first kappa shape index (κ1) is 20.1. The van der Waals surface area contributed by atoms with E-state index < -0.39 is 5.97 Å². The van der Waals surface area contributed by atoms with Crippen LogP contribution in [0, 0.1) is 5.82 Å². The van der Waals surface area contributed by atoms with Crippen LogP contribution in [0.25, 0.3) is 22.8 Å². The first-order valence-corrected chi connectivity index (χ1v) is 9.84. The summed E-state index contributed by atoms with van der Waals surface area (Å²) in [6.07, 6.45) is 2.94. The average Bonchev–Trinajstić information content (AvgIpc) is 3.19. The second-order valence-corrected chi connectivity index (χ2v) is 7.43. The summed E-state index contributed by atoms with van der Waals surface area (Å²) >= 11 is 7.15. The first-order valence-electron chi connectivity index (χ1n) is 8.64. The van der Waals surface area contributed by atoms with E-state index >= 15 is 0 Å². The zero-order valence-corrected chi connectivity index (χ0v) is 17.1. The third-order valence-corrected chi connectivity index (χ3v) is 5.15. The number of aromatic nitrogens is 3. The van der Waals surface area contributed by atoms with E-state index in [0.29, 0.717) is 43.5 Å². The predicted molar refractivity (Wildman–Crippen MR) is 110 cm³/mol. The minimum atomic E-state index is -0.485. The van der Waals surface area contributed by atoms with E-state index in [1.807, 2.05) is 0 Å². The summed E-state index contributed by atoms with van der Waals surface area (Å²) in [5, 5.41) is 1.61. The lowest BCUT2D eigenvalue weighted by atomic mass is 10.2. The number of halogens is 2. The predicted octanol–water partition coefficient (Wildman–Crippen LogP) is 5.53. The molecule has 0 N–H and O–H groups in total. The van der Waals surface area contributed by atoms with E-state index in [1.54, 1.807) is 36.4 Å². The van der Waals surface area contributed by atoms with Crippen molar-refractivity contribution in [2.75, 3.05) is 7.11 Å². The van der Waals surface area contributed by atoms with Gasteiger partial charge >= 0.3 is 5.97 Å². The molecule has 3 heterocycles. The van der Waals surface area contributed by atoms with Gasteiger partial charge in [-0.25, -0.2) is 19.2 Å². The molecule has 6 nitrogen and oxygen atoms in total. The highest BCUT2D eigenvalue weighted by molar-refractivity contribution is 7.99. The number of hydrogen-bond acceptors (Lipinski definition) is 7. The number of esters is 1. The molecule has 0 saturated carbocycles. The normalized spacial score (nSPS) is 10.8. The SMILES string of the molecule is COC(=O)c1ccc(-c2nc(-c3ccc(F)cc3)oc2Sc2ccc(Cl)cn2)nc1. The van der Waals surface area contributed by atoms with Gasteiger partial charge in [0.15, 0.2) is 5.09 Å². The van der Waals surface area contributed by atoms with Crippen molar-refractivity contribution in [1.82, 2.24) is 15.0 Å². The Labute approximate surface area is 180 Å². The molecule has 0 aliphatic carbocycles. The molecule has 0 radical (unpaired) electrons. The Bertz CT molecular complexity index is 1180. The Kier molecular flexibility index (Phi) is 5.78. The maximum Gasteiger partial charge on any atom is 0.339 e. The van der Waals surface area contributed by atoms with Crippen molar-refractivity contribution in [1.29, 1.82) is 0 Å². The summed E-state index contributed by atoms with van der Waals surface area (Å²) in [6.45, 7) is 0. The first-order chi connectivity index (χ1) is 14.5. The highest BCUT2D eigenvalue weighted by Gasteiger charge is 2.20. The van der Waals surface area contributed by atoms with E-state index in [2.05, 4.69) is 15.0 Å². The molecule has 0 unspecified atom stereocenters. The van der Waals surface area contributed by atoms with Gasteiger partial charge in [0, 0.05) is 18.0 Å². The second kappa shape index (κ2) is 8.64. The average molecular weight is 442 g/mol. The van der Waals surface area contributed by atoms with Crippen LogP contribution < -0.4 is 0 Å². The molecule has 4 aromatic rings. The van der Waals surface area contributed by atoms with Gasteiger partial charge in [0.2, 0.25) is 5.89 Å². The Morgan fingerprint density at radius 2 is 1.87 bits per heavy atom. The number of carbonyl (C=O) groups is 1. The molecule has 3 aromatic heterocycles. The quantitative estimate of drug-likeness (QED) is 0.377. The lowest BCUT2D eigenvalue weighted by Crippen LogP contribution is -2.01. The topological polar surface area (TPSA) is 78.1 Å². The molecule has 0 spiro atoms. The number of nitrogens with zero attached hydrogens (tertiary/aromatic N) is 3. The molecule has 0 amide bonds. The van der Waals surface area contributed by atoms with Crippen LogP contribution in [-0.4, -0.2) is 28.0 Å². The van der Waals surface area contributed by atoms with Gasteiger partial charge in [0.05, 0.1) is 23.4 Å². The molecular weight excluding hydrogens is 429 g/mol. The fourth-order valence-electron chi connectivity index (χ4n) is 2.54. The van der Waals surface area contributed by atoms with Crippen LogP contribution in [-0.2, 0) is 4.74 Å². The molecule has 150 valence electrons. The van der Waals surface area contributed by atoms with Crippen LogP contribution in [0.2, 0.25) is 5.02 Å². The molecule has 0 bridgehead atoms. The summed E-state index contributed by atoms with van der Waals surface area (Å²) in [5.74, 6) is -0.535. The zero-order chi connectivity index (χ0) is 21.1. The highest BCUT2D eigenvalue weighted by atomic mass is 35.5. The van der Waals surface area contributed by atoms with Crippen molar-refractivity contribution in [2.45, 2.75) is 10.1 Å². The van der Waals surface area contributed by atoms with Crippen LogP contribution in [0.4, 0.5) is 4.39 Å². The largest absolute Gasteiger partial charge is 0.465 e. The Morgan fingerprint density at radius 3 is 2.50 bits per heavy atom. The van der Waals surface area contributed by atoms with Crippen molar-refractivity contribution >= 4 is 29.3 Å². The number of benzene rings is 1. The smallest absolute Gasteiger partial charge is 0.339 e. The van der Waals surface area contributed by atoms with Gasteiger partial charge in [-0.2, -0.15) is 0 Å². The van der Waals surface area contributed by atoms with E-state index in [0.717, 1.165) is 0 Å². The van der Waals surface area contributed by atoms with Crippen molar-refractivity contribution in [3.05, 3.63) is 77.3 Å². The molecule has 9 heteroatoms. The van der Waals surface area contributed by atoms with Crippen LogP contribution in [0.5, 0.6) is 0 Å². The Hall–Kier alpha value is -3.23. The summed E-state index contributed by atoms with van der Waals surface area (Å²) in [5.41, 5.74) is 1.89. The van der Waals surface area contributed by atoms with Crippen molar-refractivity contribution in [2.24, 2.45) is 0 Å². The van der Waals surface area contributed by atoms with Crippen LogP contribution in [0.1, 0.15) is 10.4 Å². The zero-order valence-electron chi connectivity index (χ0n) is 15.5. The van der Waals surface area contributed by atoms with Gasteiger partial charge in [-0.1, -0.05) is 11.6 Å². The fraction of sp³-hybridized carbons (Fsp3) is 0.0476. The minimum absolute atomic E-state index is 0.306. The number of methoxy groups -OCH3 is 1. The number of ether oxygens (including phenoxy) is 1. The number of hydrogen-bond donors (Lipinski definition) is 0. The van der Waals surface area contributed by atoms with Gasteiger partial charge in [-0.05, 0) is 60.3 Å². The lowest BCUT2D eigenvalue weighted by molar-refractivity contribution is 0.0600. The molecule has 0 saturated heterocycles. The van der Waals surface area contributed by atoms with Gasteiger partial charge in [-0.3, -0.25) is 4.98 Å².